The molecule has 0 atom stereocenters. The summed E-state index contributed by atoms with van der Waals surface area (Å²) in [5.41, 5.74) is 1.33. The zero-order valence-corrected chi connectivity index (χ0v) is 16.4. The summed E-state index contributed by atoms with van der Waals surface area (Å²) < 4.78 is 10.7. The van der Waals surface area contributed by atoms with Gasteiger partial charge in [0.25, 0.3) is 0 Å². The van der Waals surface area contributed by atoms with E-state index in [2.05, 4.69) is 10.6 Å². The van der Waals surface area contributed by atoms with Gasteiger partial charge in [0.1, 0.15) is 5.75 Å². The highest BCUT2D eigenvalue weighted by atomic mass is 35.5. The Bertz CT molecular complexity index is 815. The minimum absolute atomic E-state index is 0.277. The van der Waals surface area contributed by atoms with Crippen molar-refractivity contribution in [2.75, 3.05) is 32.2 Å². The summed E-state index contributed by atoms with van der Waals surface area (Å²) in [6.45, 7) is 1.58. The summed E-state index contributed by atoms with van der Waals surface area (Å²) in [7, 11) is 1.62. The van der Waals surface area contributed by atoms with Gasteiger partial charge in [-0.3, -0.25) is 9.59 Å². The molecule has 1 heterocycles. The number of amides is 2. The maximum Gasteiger partial charge on any atom is 0.313 e. The highest BCUT2D eigenvalue weighted by Crippen LogP contribution is 2.35. The number of methoxy groups -OCH3 is 1. The van der Waals surface area contributed by atoms with Crippen molar-refractivity contribution in [3.05, 3.63) is 59.1 Å². The summed E-state index contributed by atoms with van der Waals surface area (Å²) in [5.74, 6) is -0.606. The summed E-state index contributed by atoms with van der Waals surface area (Å²) in [6, 6.07) is 14.4. The van der Waals surface area contributed by atoms with Gasteiger partial charge in [-0.2, -0.15) is 0 Å². The van der Waals surface area contributed by atoms with Crippen LogP contribution in [-0.2, 0) is 19.7 Å². The van der Waals surface area contributed by atoms with Crippen LogP contribution in [0.15, 0.2) is 48.5 Å². The number of hydrogen-bond donors (Lipinski definition) is 2. The van der Waals surface area contributed by atoms with E-state index in [1.807, 2.05) is 24.3 Å². The molecule has 148 valence electrons. The first-order valence-corrected chi connectivity index (χ1v) is 9.47. The van der Waals surface area contributed by atoms with Crippen molar-refractivity contribution < 1.29 is 19.1 Å². The molecular formula is C21H23ClN2O4. The minimum atomic E-state index is -0.709. The van der Waals surface area contributed by atoms with Crippen molar-refractivity contribution in [1.29, 1.82) is 0 Å². The predicted molar refractivity (Wildman–Crippen MR) is 108 cm³/mol. The van der Waals surface area contributed by atoms with Crippen LogP contribution < -0.4 is 15.4 Å². The summed E-state index contributed by atoms with van der Waals surface area (Å²) in [4.78, 5) is 24.5. The van der Waals surface area contributed by atoms with Crippen LogP contribution in [0.1, 0.15) is 18.4 Å². The highest BCUT2D eigenvalue weighted by Gasteiger charge is 2.35. The quantitative estimate of drug-likeness (QED) is 0.753. The monoisotopic (exact) mass is 402 g/mol. The number of carbonyl (C=O) groups is 2. The fraction of sp³-hybridized carbons (Fsp3) is 0.333. The van der Waals surface area contributed by atoms with Crippen LogP contribution in [0.2, 0.25) is 5.02 Å². The van der Waals surface area contributed by atoms with Gasteiger partial charge in [-0.15, -0.1) is 0 Å². The molecule has 2 aromatic rings. The van der Waals surface area contributed by atoms with Crippen molar-refractivity contribution >= 4 is 29.1 Å². The van der Waals surface area contributed by atoms with Crippen LogP contribution in [0, 0.1) is 0 Å². The van der Waals surface area contributed by atoms with Crippen molar-refractivity contribution in [1.82, 2.24) is 5.32 Å². The Morgan fingerprint density at radius 2 is 1.68 bits per heavy atom. The Morgan fingerprint density at radius 1 is 1.04 bits per heavy atom. The molecule has 0 saturated carbocycles. The third-order valence-corrected chi connectivity index (χ3v) is 5.30. The average Bonchev–Trinajstić information content (AvgIpc) is 2.74. The number of benzene rings is 2. The summed E-state index contributed by atoms with van der Waals surface area (Å²) in [6.07, 6.45) is 1.52. The van der Waals surface area contributed by atoms with Crippen LogP contribution >= 0.6 is 11.6 Å². The molecule has 0 aromatic heterocycles. The van der Waals surface area contributed by atoms with Crippen LogP contribution in [-0.4, -0.2) is 38.7 Å². The van der Waals surface area contributed by atoms with Crippen molar-refractivity contribution in [2.45, 2.75) is 18.3 Å². The van der Waals surface area contributed by atoms with E-state index in [0.717, 1.165) is 24.2 Å². The normalized spacial score (nSPS) is 15.5. The first kappa shape index (κ1) is 20.2. The average molecular weight is 403 g/mol. The van der Waals surface area contributed by atoms with Gasteiger partial charge >= 0.3 is 11.8 Å². The third-order valence-electron chi connectivity index (χ3n) is 5.05. The number of anilines is 1. The fourth-order valence-corrected chi connectivity index (χ4v) is 3.45. The van der Waals surface area contributed by atoms with E-state index in [1.54, 1.807) is 31.4 Å². The van der Waals surface area contributed by atoms with Crippen LogP contribution in [0.25, 0.3) is 0 Å². The number of halogens is 1. The molecule has 0 aliphatic carbocycles. The van der Waals surface area contributed by atoms with E-state index in [0.29, 0.717) is 30.5 Å². The Morgan fingerprint density at radius 3 is 2.29 bits per heavy atom. The molecule has 0 unspecified atom stereocenters. The van der Waals surface area contributed by atoms with E-state index in [9.17, 15) is 9.59 Å². The maximum absolute atomic E-state index is 12.3. The number of hydrogen-bond acceptors (Lipinski definition) is 4. The fourth-order valence-electron chi connectivity index (χ4n) is 3.33. The van der Waals surface area contributed by atoms with Gasteiger partial charge in [-0.05, 0) is 54.8 Å². The van der Waals surface area contributed by atoms with Crippen LogP contribution in [0.5, 0.6) is 5.75 Å². The second-order valence-corrected chi connectivity index (χ2v) is 7.20. The molecule has 7 heteroatoms. The molecule has 6 nitrogen and oxygen atoms in total. The SMILES string of the molecule is COc1ccc(C2(CNC(=O)C(=O)Nc3ccc(Cl)cc3)CCOCC2)cc1. The van der Waals surface area contributed by atoms with Gasteiger partial charge in [0.15, 0.2) is 0 Å². The molecule has 2 aromatic carbocycles. The van der Waals surface area contributed by atoms with E-state index in [-0.39, 0.29) is 5.41 Å². The second kappa shape index (κ2) is 9.08. The molecular weight excluding hydrogens is 380 g/mol. The van der Waals surface area contributed by atoms with Crippen molar-refractivity contribution in [2.24, 2.45) is 0 Å². The smallest absolute Gasteiger partial charge is 0.313 e. The van der Waals surface area contributed by atoms with Gasteiger partial charge in [0.05, 0.1) is 7.11 Å². The lowest BCUT2D eigenvalue weighted by Crippen LogP contribution is -2.47. The second-order valence-electron chi connectivity index (χ2n) is 6.76. The van der Waals surface area contributed by atoms with Gasteiger partial charge in [0.2, 0.25) is 0 Å². The van der Waals surface area contributed by atoms with E-state index in [1.165, 1.54) is 0 Å². The molecule has 1 aliphatic heterocycles. The van der Waals surface area contributed by atoms with Crippen LogP contribution in [0.3, 0.4) is 0 Å². The Balaban J connectivity index is 1.66. The molecule has 3 rings (SSSR count). The first-order chi connectivity index (χ1) is 13.5. The lowest BCUT2D eigenvalue weighted by molar-refractivity contribution is -0.136. The molecule has 2 N–H and O–H groups in total. The molecule has 28 heavy (non-hydrogen) atoms. The zero-order valence-electron chi connectivity index (χ0n) is 15.7. The van der Waals surface area contributed by atoms with Gasteiger partial charge in [-0.25, -0.2) is 0 Å². The molecule has 1 aliphatic rings. The molecule has 0 bridgehead atoms. The molecule has 2 amide bonds. The molecule has 1 saturated heterocycles. The Labute approximate surface area is 169 Å². The van der Waals surface area contributed by atoms with Crippen molar-refractivity contribution in [3.63, 3.8) is 0 Å². The molecule has 0 spiro atoms. The maximum atomic E-state index is 12.3. The standard InChI is InChI=1S/C21H23ClN2O4/c1-27-18-8-2-15(3-9-18)21(10-12-28-13-11-21)14-23-19(25)20(26)24-17-6-4-16(22)5-7-17/h2-9H,10-14H2,1H3,(H,23,25)(H,24,26). The first-order valence-electron chi connectivity index (χ1n) is 9.09. The largest absolute Gasteiger partial charge is 0.497 e. The van der Waals surface area contributed by atoms with Crippen molar-refractivity contribution in [3.8, 4) is 5.75 Å². The number of rotatable bonds is 5. The minimum Gasteiger partial charge on any atom is -0.497 e. The third kappa shape index (κ3) is 4.82. The highest BCUT2D eigenvalue weighted by molar-refractivity contribution is 6.39. The lowest BCUT2D eigenvalue weighted by atomic mass is 9.74. The summed E-state index contributed by atoms with van der Waals surface area (Å²) in [5, 5.41) is 5.92. The van der Waals surface area contributed by atoms with E-state index >= 15 is 0 Å². The lowest BCUT2D eigenvalue weighted by Gasteiger charge is -2.38. The predicted octanol–water partition coefficient (Wildman–Crippen LogP) is 3.15. The van der Waals surface area contributed by atoms with Gasteiger partial charge in [0, 0.05) is 35.9 Å². The zero-order chi connectivity index (χ0) is 20.0. The van der Waals surface area contributed by atoms with Gasteiger partial charge in [-0.1, -0.05) is 23.7 Å². The van der Waals surface area contributed by atoms with E-state index < -0.39 is 11.8 Å². The Hall–Kier alpha value is -2.57. The van der Waals surface area contributed by atoms with Gasteiger partial charge < -0.3 is 20.1 Å². The summed E-state index contributed by atoms with van der Waals surface area (Å²) >= 11 is 5.83. The van der Waals surface area contributed by atoms with E-state index in [4.69, 9.17) is 21.1 Å². The van der Waals surface area contributed by atoms with Crippen LogP contribution in [0.4, 0.5) is 5.69 Å². The molecule has 0 radical (unpaired) electrons. The Kier molecular flexibility index (Phi) is 6.54. The topological polar surface area (TPSA) is 76.7 Å². The number of ether oxygens (including phenoxy) is 2. The molecule has 1 fully saturated rings. The number of carbonyl (C=O) groups excluding carboxylic acids is 2. The number of nitrogens with one attached hydrogen (secondary N) is 2.